The fourth-order valence-corrected chi connectivity index (χ4v) is 1.46. The quantitative estimate of drug-likeness (QED) is 0.682. The highest BCUT2D eigenvalue weighted by Gasteiger charge is 2.18. The maximum Gasteiger partial charge on any atom is 0.317 e. The van der Waals surface area contributed by atoms with Crippen LogP contribution in [0.1, 0.15) is 0 Å². The Kier molecular flexibility index (Phi) is 2.26. The van der Waals surface area contributed by atoms with Gasteiger partial charge in [0.25, 0.3) is 0 Å². The number of nitrogens with two attached hydrogens (primary N) is 1. The Morgan fingerprint density at radius 3 is 3.00 bits per heavy atom. The van der Waals surface area contributed by atoms with Crippen molar-refractivity contribution in [2.45, 2.75) is 6.54 Å². The van der Waals surface area contributed by atoms with Crippen LogP contribution in [0.2, 0.25) is 0 Å². The minimum Gasteiger partial charge on any atom is -0.382 e. The van der Waals surface area contributed by atoms with E-state index >= 15 is 0 Å². The van der Waals surface area contributed by atoms with Crippen LogP contribution in [0.15, 0.2) is 12.5 Å². The normalized spacial score (nSPS) is 16.0. The number of carbonyl (C=O) groups is 1. The van der Waals surface area contributed by atoms with Gasteiger partial charge in [-0.3, -0.25) is 0 Å². The Balaban J connectivity index is 1.85. The monoisotopic (exact) mass is 195 g/mol. The molecule has 6 heteroatoms. The van der Waals surface area contributed by atoms with Gasteiger partial charge < -0.3 is 20.5 Å². The van der Waals surface area contributed by atoms with Gasteiger partial charge in [0.15, 0.2) is 0 Å². The molecule has 0 unspecified atom stereocenters. The summed E-state index contributed by atoms with van der Waals surface area (Å²) in [6.07, 6.45) is 3.43. The van der Waals surface area contributed by atoms with Crippen molar-refractivity contribution < 1.29 is 4.79 Å². The van der Waals surface area contributed by atoms with Crippen LogP contribution in [0.25, 0.3) is 0 Å². The fraction of sp³-hybridized carbons (Fsp3) is 0.500. The summed E-state index contributed by atoms with van der Waals surface area (Å²) in [5.74, 6) is 0.510. The van der Waals surface area contributed by atoms with E-state index in [0.717, 1.165) is 19.6 Å². The number of aromatic nitrogens is 2. The second kappa shape index (κ2) is 3.57. The number of urea groups is 1. The molecule has 0 spiro atoms. The van der Waals surface area contributed by atoms with Gasteiger partial charge in [0.05, 0.1) is 6.33 Å². The van der Waals surface area contributed by atoms with E-state index in [1.54, 1.807) is 17.4 Å². The molecule has 14 heavy (non-hydrogen) atoms. The average Bonchev–Trinajstić information content (AvgIpc) is 2.72. The van der Waals surface area contributed by atoms with Crippen molar-refractivity contribution in [3.8, 4) is 0 Å². The molecular weight excluding hydrogens is 182 g/mol. The number of nitrogens with one attached hydrogen (secondary N) is 1. The minimum atomic E-state index is 0.0121. The van der Waals surface area contributed by atoms with E-state index < -0.39 is 0 Å². The lowest BCUT2D eigenvalue weighted by Crippen LogP contribution is -2.30. The van der Waals surface area contributed by atoms with Crippen LogP contribution in [0.3, 0.4) is 0 Å². The molecular formula is C8H13N5O. The summed E-state index contributed by atoms with van der Waals surface area (Å²) in [6, 6.07) is 0.0121. The number of nitrogens with zero attached hydrogens (tertiary/aromatic N) is 3. The summed E-state index contributed by atoms with van der Waals surface area (Å²) < 4.78 is 1.88. The summed E-state index contributed by atoms with van der Waals surface area (Å²) in [4.78, 5) is 16.8. The van der Waals surface area contributed by atoms with E-state index in [2.05, 4.69) is 10.3 Å². The number of rotatable bonds is 3. The van der Waals surface area contributed by atoms with Crippen molar-refractivity contribution >= 4 is 11.8 Å². The van der Waals surface area contributed by atoms with E-state index in [-0.39, 0.29) is 6.03 Å². The lowest BCUT2D eigenvalue weighted by molar-refractivity contribution is 0.215. The van der Waals surface area contributed by atoms with Crippen LogP contribution in [-0.2, 0) is 6.54 Å². The molecule has 1 aliphatic rings. The second-order valence-electron chi connectivity index (χ2n) is 3.26. The molecule has 3 N–H and O–H groups in total. The third kappa shape index (κ3) is 1.78. The molecule has 2 rings (SSSR count). The van der Waals surface area contributed by atoms with Crippen molar-refractivity contribution in [3.63, 3.8) is 0 Å². The molecule has 2 heterocycles. The zero-order chi connectivity index (χ0) is 9.97. The molecule has 0 radical (unpaired) electrons. The third-order valence-electron chi connectivity index (χ3n) is 2.23. The van der Waals surface area contributed by atoms with E-state index in [1.807, 2.05) is 4.57 Å². The molecule has 76 valence electrons. The van der Waals surface area contributed by atoms with Gasteiger partial charge in [-0.25, -0.2) is 9.78 Å². The van der Waals surface area contributed by atoms with Crippen LogP contribution in [0, 0.1) is 0 Å². The largest absolute Gasteiger partial charge is 0.382 e. The number of carbonyl (C=O) groups excluding carboxylic acids is 1. The lowest BCUT2D eigenvalue weighted by Gasteiger charge is -2.13. The van der Waals surface area contributed by atoms with Gasteiger partial charge in [0.1, 0.15) is 5.82 Å². The molecule has 0 saturated carbocycles. The van der Waals surface area contributed by atoms with Crippen LogP contribution >= 0.6 is 0 Å². The van der Waals surface area contributed by atoms with Crippen LogP contribution < -0.4 is 11.1 Å². The molecule has 1 aliphatic heterocycles. The first-order valence-corrected chi connectivity index (χ1v) is 4.56. The van der Waals surface area contributed by atoms with Gasteiger partial charge in [-0.15, -0.1) is 0 Å². The molecule has 1 aromatic heterocycles. The Morgan fingerprint density at radius 2 is 2.43 bits per heavy atom. The van der Waals surface area contributed by atoms with Crippen molar-refractivity contribution in [2.24, 2.45) is 0 Å². The van der Waals surface area contributed by atoms with E-state index in [0.29, 0.717) is 12.4 Å². The highest BCUT2D eigenvalue weighted by atomic mass is 16.2. The molecule has 0 atom stereocenters. The summed E-state index contributed by atoms with van der Waals surface area (Å²) in [6.45, 7) is 2.95. The van der Waals surface area contributed by atoms with Gasteiger partial charge >= 0.3 is 6.03 Å². The van der Waals surface area contributed by atoms with Gasteiger partial charge in [0, 0.05) is 32.4 Å². The van der Waals surface area contributed by atoms with E-state index in [4.69, 9.17) is 5.73 Å². The predicted molar refractivity (Wildman–Crippen MR) is 51.6 cm³/mol. The second-order valence-corrected chi connectivity index (χ2v) is 3.26. The first kappa shape index (κ1) is 8.86. The van der Waals surface area contributed by atoms with Crippen molar-refractivity contribution in [3.05, 3.63) is 12.5 Å². The number of imidazole rings is 1. The molecule has 1 saturated heterocycles. The summed E-state index contributed by atoms with van der Waals surface area (Å²) >= 11 is 0. The van der Waals surface area contributed by atoms with Crippen molar-refractivity contribution in [1.29, 1.82) is 0 Å². The maximum absolute atomic E-state index is 11.2. The van der Waals surface area contributed by atoms with E-state index in [1.165, 1.54) is 0 Å². The molecule has 1 aromatic rings. The predicted octanol–water partition coefficient (Wildman–Crippen LogP) is -0.510. The Morgan fingerprint density at radius 1 is 1.57 bits per heavy atom. The zero-order valence-corrected chi connectivity index (χ0v) is 7.81. The molecule has 0 aromatic carbocycles. The van der Waals surface area contributed by atoms with Gasteiger partial charge in [-0.2, -0.15) is 0 Å². The van der Waals surface area contributed by atoms with Gasteiger partial charge in [-0.1, -0.05) is 0 Å². The maximum atomic E-state index is 11.2. The molecule has 0 bridgehead atoms. The number of hydrogen-bond donors (Lipinski definition) is 2. The van der Waals surface area contributed by atoms with Crippen molar-refractivity contribution in [2.75, 3.05) is 25.4 Å². The standard InChI is InChI=1S/C8H13N5O/c9-7-5-12(6-11-7)3-4-13-2-1-10-8(13)14/h5-6H,1-4,9H2,(H,10,14). The van der Waals surface area contributed by atoms with Gasteiger partial charge in [0.2, 0.25) is 0 Å². The first-order valence-electron chi connectivity index (χ1n) is 4.56. The summed E-state index contributed by atoms with van der Waals surface area (Å²) in [5, 5.41) is 2.75. The molecule has 2 amide bonds. The molecule has 1 fully saturated rings. The number of amides is 2. The Hall–Kier alpha value is -1.72. The lowest BCUT2D eigenvalue weighted by atomic mass is 10.5. The van der Waals surface area contributed by atoms with E-state index in [9.17, 15) is 4.79 Å². The van der Waals surface area contributed by atoms with Crippen LogP contribution in [0.5, 0.6) is 0 Å². The number of anilines is 1. The highest BCUT2D eigenvalue weighted by Crippen LogP contribution is 2.00. The third-order valence-corrected chi connectivity index (χ3v) is 2.23. The molecule has 0 aliphatic carbocycles. The highest BCUT2D eigenvalue weighted by molar-refractivity contribution is 5.76. The summed E-state index contributed by atoms with van der Waals surface area (Å²) in [5.41, 5.74) is 5.46. The Bertz CT molecular complexity index is 334. The van der Waals surface area contributed by atoms with Crippen molar-refractivity contribution in [1.82, 2.24) is 19.8 Å². The SMILES string of the molecule is Nc1cn(CCN2CCNC2=O)cn1. The average molecular weight is 195 g/mol. The number of hydrogen-bond acceptors (Lipinski definition) is 3. The first-order chi connectivity index (χ1) is 6.75. The molecule has 6 nitrogen and oxygen atoms in total. The Labute approximate surface area is 81.7 Å². The van der Waals surface area contributed by atoms with Gasteiger partial charge in [-0.05, 0) is 0 Å². The summed E-state index contributed by atoms with van der Waals surface area (Å²) in [7, 11) is 0. The van der Waals surface area contributed by atoms with Crippen LogP contribution in [0.4, 0.5) is 10.6 Å². The number of nitrogen functional groups attached to an aromatic ring is 1. The minimum absolute atomic E-state index is 0.0121. The smallest absolute Gasteiger partial charge is 0.317 e. The fourth-order valence-electron chi connectivity index (χ4n) is 1.46. The zero-order valence-electron chi connectivity index (χ0n) is 7.81. The topological polar surface area (TPSA) is 76.2 Å². The van der Waals surface area contributed by atoms with Crippen LogP contribution in [-0.4, -0.2) is 40.1 Å².